The van der Waals surface area contributed by atoms with E-state index in [1.807, 2.05) is 18.2 Å². The lowest BCUT2D eigenvalue weighted by Gasteiger charge is -2.29. The molecular weight excluding hydrogens is 252 g/mol. The molecule has 0 fully saturated rings. The summed E-state index contributed by atoms with van der Waals surface area (Å²) >= 11 is 0. The second kappa shape index (κ2) is 5.28. The first-order chi connectivity index (χ1) is 9.78. The molecule has 1 aliphatic heterocycles. The Morgan fingerprint density at radius 3 is 2.80 bits per heavy atom. The number of nitrogens with one attached hydrogen (secondary N) is 1. The molecule has 3 rings (SSSR count). The lowest BCUT2D eigenvalue weighted by molar-refractivity contribution is -0.119. The molecule has 0 atom stereocenters. The first-order valence-electron chi connectivity index (χ1n) is 6.65. The number of anilines is 2. The fourth-order valence-corrected chi connectivity index (χ4v) is 2.40. The lowest BCUT2D eigenvalue weighted by atomic mass is 10.0. The third-order valence-electron chi connectivity index (χ3n) is 3.47. The molecule has 0 unspecified atom stereocenters. The van der Waals surface area contributed by atoms with E-state index in [0.717, 1.165) is 23.6 Å². The zero-order chi connectivity index (χ0) is 13.9. The monoisotopic (exact) mass is 268 g/mol. The van der Waals surface area contributed by atoms with Crippen LogP contribution >= 0.6 is 0 Å². The lowest BCUT2D eigenvalue weighted by Crippen LogP contribution is -2.34. The van der Waals surface area contributed by atoms with Crippen molar-refractivity contribution >= 4 is 17.4 Å². The van der Waals surface area contributed by atoms with Gasteiger partial charge in [0, 0.05) is 19.2 Å². The zero-order valence-corrected chi connectivity index (χ0v) is 11.3. The first-order valence-corrected chi connectivity index (χ1v) is 6.65. The van der Waals surface area contributed by atoms with Crippen molar-refractivity contribution in [3.8, 4) is 0 Å². The Hall–Kier alpha value is -2.43. The van der Waals surface area contributed by atoms with Crippen LogP contribution in [0.2, 0.25) is 0 Å². The molecule has 0 saturated carbocycles. The Morgan fingerprint density at radius 1 is 1.20 bits per heavy atom. The molecule has 0 spiro atoms. The van der Waals surface area contributed by atoms with Gasteiger partial charge in [-0.15, -0.1) is 0 Å². The minimum absolute atomic E-state index is 0.142. The molecule has 0 aliphatic carbocycles. The summed E-state index contributed by atoms with van der Waals surface area (Å²) in [6.07, 6.45) is 4.75. The quantitative estimate of drug-likeness (QED) is 0.925. The van der Waals surface area contributed by atoms with Gasteiger partial charge < -0.3 is 10.2 Å². The van der Waals surface area contributed by atoms with Crippen LogP contribution in [0.1, 0.15) is 17.7 Å². The molecule has 1 aliphatic rings. The second-order valence-corrected chi connectivity index (χ2v) is 4.75. The maximum absolute atomic E-state index is 12.1. The third-order valence-corrected chi connectivity index (χ3v) is 3.47. The van der Waals surface area contributed by atoms with Crippen molar-refractivity contribution in [3.63, 3.8) is 0 Å². The number of carbonyl (C=O) groups is 1. The summed E-state index contributed by atoms with van der Waals surface area (Å²) in [5, 5.41) is 2.93. The predicted molar refractivity (Wildman–Crippen MR) is 77.5 cm³/mol. The molecule has 2 heterocycles. The number of nitrogens with zero attached hydrogens (tertiary/aromatic N) is 3. The van der Waals surface area contributed by atoms with E-state index in [9.17, 15) is 4.79 Å². The second-order valence-electron chi connectivity index (χ2n) is 4.75. The molecule has 20 heavy (non-hydrogen) atoms. The van der Waals surface area contributed by atoms with Gasteiger partial charge in [-0.2, -0.15) is 0 Å². The van der Waals surface area contributed by atoms with Crippen LogP contribution in [0.5, 0.6) is 0 Å². The van der Waals surface area contributed by atoms with Gasteiger partial charge in [0.2, 0.25) is 5.91 Å². The number of hydrogen-bond acceptors (Lipinski definition) is 4. The molecule has 5 nitrogen and oxygen atoms in total. The average molecular weight is 268 g/mol. The number of para-hydroxylation sites is 1. The largest absolute Gasteiger partial charge is 0.372 e. The minimum Gasteiger partial charge on any atom is -0.372 e. The number of aromatic nitrogens is 2. The van der Waals surface area contributed by atoms with Crippen molar-refractivity contribution < 1.29 is 4.79 Å². The molecule has 5 heteroatoms. The van der Waals surface area contributed by atoms with Crippen molar-refractivity contribution in [3.05, 3.63) is 47.9 Å². The van der Waals surface area contributed by atoms with Gasteiger partial charge in [0.1, 0.15) is 5.82 Å². The highest BCUT2D eigenvalue weighted by Crippen LogP contribution is 2.28. The summed E-state index contributed by atoms with van der Waals surface area (Å²) < 4.78 is 0. The van der Waals surface area contributed by atoms with Gasteiger partial charge in [-0.1, -0.05) is 18.2 Å². The third kappa shape index (κ3) is 2.34. The summed E-state index contributed by atoms with van der Waals surface area (Å²) in [5.74, 6) is 0.863. The minimum atomic E-state index is 0.142. The van der Waals surface area contributed by atoms with Crippen molar-refractivity contribution in [2.24, 2.45) is 0 Å². The van der Waals surface area contributed by atoms with E-state index in [1.54, 1.807) is 24.3 Å². The average Bonchev–Trinajstić information content (AvgIpc) is 2.51. The van der Waals surface area contributed by atoms with E-state index in [2.05, 4.69) is 21.4 Å². The van der Waals surface area contributed by atoms with Gasteiger partial charge in [0.05, 0.1) is 24.6 Å². The molecule has 0 saturated heterocycles. The molecular formula is C15H16N4O. The van der Waals surface area contributed by atoms with Crippen LogP contribution in [0.15, 0.2) is 36.7 Å². The Morgan fingerprint density at radius 2 is 2.05 bits per heavy atom. The Labute approximate surface area is 117 Å². The molecule has 102 valence electrons. The summed E-state index contributed by atoms with van der Waals surface area (Å²) in [6, 6.07) is 8.03. The molecule has 1 aromatic heterocycles. The Kier molecular flexibility index (Phi) is 3.33. The van der Waals surface area contributed by atoms with Crippen LogP contribution in [-0.4, -0.2) is 22.9 Å². The van der Waals surface area contributed by atoms with Crippen LogP contribution in [0.3, 0.4) is 0 Å². The Balaban J connectivity index is 1.87. The van der Waals surface area contributed by atoms with E-state index in [1.165, 1.54) is 5.56 Å². The summed E-state index contributed by atoms with van der Waals surface area (Å²) in [7, 11) is 1.80. The maximum atomic E-state index is 12.1. The van der Waals surface area contributed by atoms with Crippen molar-refractivity contribution in [2.45, 2.75) is 19.4 Å². The van der Waals surface area contributed by atoms with E-state index in [0.29, 0.717) is 13.0 Å². The van der Waals surface area contributed by atoms with Crippen molar-refractivity contribution in [2.75, 3.05) is 17.3 Å². The highest BCUT2D eigenvalue weighted by atomic mass is 16.2. The van der Waals surface area contributed by atoms with E-state index in [4.69, 9.17) is 0 Å². The van der Waals surface area contributed by atoms with Gasteiger partial charge in [-0.05, 0) is 18.1 Å². The van der Waals surface area contributed by atoms with Crippen LogP contribution in [0.4, 0.5) is 11.5 Å². The number of rotatable bonds is 3. The number of carbonyl (C=O) groups excluding carboxylic acids is 1. The highest BCUT2D eigenvalue weighted by Gasteiger charge is 2.24. The first kappa shape index (κ1) is 12.6. The topological polar surface area (TPSA) is 58.1 Å². The number of fused-ring (bicyclic) bond motifs is 1. The summed E-state index contributed by atoms with van der Waals surface area (Å²) in [5.41, 5.74) is 2.99. The van der Waals surface area contributed by atoms with Crippen molar-refractivity contribution in [1.29, 1.82) is 0 Å². The molecule has 0 bridgehead atoms. The van der Waals surface area contributed by atoms with Crippen LogP contribution in [0.25, 0.3) is 0 Å². The maximum Gasteiger partial charge on any atom is 0.227 e. The van der Waals surface area contributed by atoms with Gasteiger partial charge in [0.25, 0.3) is 0 Å². The highest BCUT2D eigenvalue weighted by molar-refractivity contribution is 5.96. The predicted octanol–water partition coefficient (Wildman–Crippen LogP) is 2.00. The molecule has 1 aromatic carbocycles. The number of aryl methyl sites for hydroxylation is 1. The molecule has 0 radical (unpaired) electrons. The van der Waals surface area contributed by atoms with Gasteiger partial charge >= 0.3 is 0 Å². The standard InChI is InChI=1S/C15H16N4O/c1-16-14-9-17-12(8-18-14)10-19-13-5-3-2-4-11(13)6-7-15(19)20/h2-5,8-9H,6-7,10H2,1H3,(H,16,18). The number of hydrogen-bond donors (Lipinski definition) is 1. The Bertz CT molecular complexity index is 624. The van der Waals surface area contributed by atoms with E-state index >= 15 is 0 Å². The van der Waals surface area contributed by atoms with Crippen molar-refractivity contribution in [1.82, 2.24) is 9.97 Å². The van der Waals surface area contributed by atoms with Crippen LogP contribution in [-0.2, 0) is 17.8 Å². The SMILES string of the molecule is CNc1cnc(CN2C(=O)CCc3ccccc32)cn1. The van der Waals surface area contributed by atoms with E-state index < -0.39 is 0 Å². The molecule has 1 amide bonds. The van der Waals surface area contributed by atoms with Gasteiger partial charge in [-0.3, -0.25) is 9.78 Å². The van der Waals surface area contributed by atoms with Crippen LogP contribution < -0.4 is 10.2 Å². The van der Waals surface area contributed by atoms with Gasteiger partial charge in [-0.25, -0.2) is 4.98 Å². The van der Waals surface area contributed by atoms with Crippen LogP contribution in [0, 0.1) is 0 Å². The zero-order valence-electron chi connectivity index (χ0n) is 11.3. The van der Waals surface area contributed by atoms with E-state index in [-0.39, 0.29) is 5.91 Å². The van der Waals surface area contributed by atoms with Gasteiger partial charge in [0.15, 0.2) is 0 Å². The fraction of sp³-hybridized carbons (Fsp3) is 0.267. The fourth-order valence-electron chi connectivity index (χ4n) is 2.40. The molecule has 1 N–H and O–H groups in total. The number of amides is 1. The summed E-state index contributed by atoms with van der Waals surface area (Å²) in [6.45, 7) is 0.465. The summed E-state index contributed by atoms with van der Waals surface area (Å²) in [4.78, 5) is 22.5. The smallest absolute Gasteiger partial charge is 0.227 e. The normalized spacial score (nSPS) is 14.1. The molecule has 2 aromatic rings. The number of benzene rings is 1.